The Morgan fingerprint density at radius 3 is 1.01 bits per heavy atom. The molecule has 0 spiro atoms. The largest absolute Gasteiger partial charge is 1.00 e. The van der Waals surface area contributed by atoms with Gasteiger partial charge in [-0.2, -0.15) is 5.26 Å². The summed E-state index contributed by atoms with van der Waals surface area (Å²) in [5, 5.41) is 32.5. The molecule has 6 N–H and O–H groups in total. The number of thiophene rings is 10. The van der Waals surface area contributed by atoms with E-state index in [9.17, 15) is 91.1 Å². The quantitative estimate of drug-likeness (QED) is 0.00927. The van der Waals surface area contributed by atoms with Crippen LogP contribution in [0, 0.1) is 69.5 Å². The van der Waals surface area contributed by atoms with Crippen molar-refractivity contribution >= 4 is 240 Å². The van der Waals surface area contributed by atoms with Crippen molar-refractivity contribution in [3.05, 3.63) is 189 Å². The van der Waals surface area contributed by atoms with Gasteiger partial charge >= 0.3 is 24.8 Å². The van der Waals surface area contributed by atoms with Crippen LogP contribution < -0.4 is 33.5 Å². The first-order chi connectivity index (χ1) is 66.3. The van der Waals surface area contributed by atoms with Crippen LogP contribution in [0.4, 0.5) is 43.9 Å². The molecule has 0 saturated heterocycles. The van der Waals surface area contributed by atoms with Crippen molar-refractivity contribution in [3.8, 4) is 6.07 Å². The maximum atomic E-state index is 14.1. The zero-order valence-electron chi connectivity index (χ0n) is 89.1. The number of primary sulfonamides is 1. The minimum atomic E-state index is -3.95. The number of nitrogens with one attached hydrogen (secondary N) is 1. The summed E-state index contributed by atoms with van der Waals surface area (Å²) in [5.74, 6) is -5.30. The fourth-order valence-electron chi connectivity index (χ4n) is 9.41. The molecule has 26 nitrogen and oxygen atoms in total. The van der Waals surface area contributed by atoms with Gasteiger partial charge < -0.3 is 48.7 Å². The van der Waals surface area contributed by atoms with E-state index in [1.165, 1.54) is 125 Å². The van der Waals surface area contributed by atoms with Crippen LogP contribution in [0.15, 0.2) is 115 Å². The first-order valence-electron chi connectivity index (χ1n) is 43.2. The Hall–Kier alpha value is -3.01. The molecule has 0 aromatic carbocycles. The van der Waals surface area contributed by atoms with Crippen LogP contribution in [0.25, 0.3) is 0 Å². The first kappa shape index (κ1) is 148. The van der Waals surface area contributed by atoms with Gasteiger partial charge in [-0.15, -0.1) is 113 Å². The summed E-state index contributed by atoms with van der Waals surface area (Å²) in [5.41, 5.74) is 0. The Kier molecular flexibility index (Phi) is 67.8. The number of halogens is 13. The number of carbonyl (C=O) groups is 1. The number of sulfonamides is 2. The van der Waals surface area contributed by atoms with E-state index < -0.39 is 139 Å². The summed E-state index contributed by atoms with van der Waals surface area (Å²) in [7, 11) is 13.9. The number of alkyl halides is 1. The molecule has 0 amide bonds. The second-order valence-corrected chi connectivity index (χ2v) is 77.3. The summed E-state index contributed by atoms with van der Waals surface area (Å²) in [6, 6.07) is 15.1. The standard InChI is InChI=1S/C13H24ClFN2OS2Si.C13H26FN3OS2Si.C13H25FN2O2S2Si.C7H9ClFNO2S2.C7H11FN2O2S2.C7H10FNO2S2.C7H10FNS.C6H5FO2S.C5H4BrFS.C5H5FOS.C3H8.C2H3N.Li/c1-13(2,3)21(6,7)16-20(14,18)12-11(15)8-10(19-12)9-17(4)5;1-13(2,3)21(6,7)16-20(15,18)12-11(14)8-10(19-12)9-17(4)5;1-13(2,3)21(6,7)15-20(17,18)12-11(14)8-10(19-12)9-16(4)5;1-10(2)4-5-3-6(9)7(13-5)14(8,11)12;1-10(2)4-5-3-6(8)7(13-5)14(9,11)12;1-9(2)4-5-3-6(8)7(12-5)13(10)11;1-9(2)4-7-3-6(8)5-10-7;1-9-6(8)5-2-4(7)3-10-5;6-2-5-1-4(7)3-8-5;6-4-1-5(2-7)8-3-4;1-3-2;1-2-3;/h8H,9H2,1-7H3;8H,9H2,1-7H3,(H2,15,16,18);8,15H,9H2,1-7H3;3H,4H2,1-2H3;3H,4H2,1-2H3,(H2,9,11,12);3H,4H2,1-2H3,(H,10,11);3,5H,4H2,1-2H3;2-3H,1H3;1,3H,2H2;1,3,7H,2H2;3H2,1-2H3;1H3;/q;;;;;;;;;;;;+1/p-1. The molecular formula is C88H139BrCl2F10LiN13O13S16Si3. The van der Waals surface area contributed by atoms with Gasteiger partial charge in [0.1, 0.15) is 60.5 Å². The molecule has 3 atom stereocenters. The Balaban J connectivity index is -0.00000158. The Morgan fingerprint density at radius 2 is 0.748 bits per heavy atom. The van der Waals surface area contributed by atoms with Crippen molar-refractivity contribution in [2.24, 2.45) is 18.3 Å². The van der Waals surface area contributed by atoms with Gasteiger partial charge in [-0.25, -0.2) is 97.0 Å². The molecule has 3 unspecified atom stereocenters. The molecule has 0 radical (unpaired) electrons. The van der Waals surface area contributed by atoms with E-state index in [2.05, 4.69) is 88.5 Å². The summed E-state index contributed by atoms with van der Waals surface area (Å²) in [6.07, 6.45) is 1.25. The molecular weight excluding hydrogens is 2390 g/mol. The molecule has 0 aliphatic heterocycles. The number of nitriles is 1. The van der Waals surface area contributed by atoms with Crippen LogP contribution in [-0.4, -0.2) is 218 Å². The number of aliphatic hydroxyl groups is 1. The third-order valence-electron chi connectivity index (χ3n) is 18.7. The third-order valence-corrected chi connectivity index (χ3v) is 59.8. The predicted molar refractivity (Wildman–Crippen MR) is 603 cm³/mol. The van der Waals surface area contributed by atoms with Crippen molar-refractivity contribution in [1.29, 1.82) is 5.26 Å². The van der Waals surface area contributed by atoms with Gasteiger partial charge in [0.15, 0.2) is 71.3 Å². The molecule has 147 heavy (non-hydrogen) atoms. The molecule has 10 aromatic heterocycles. The summed E-state index contributed by atoms with van der Waals surface area (Å²) < 4.78 is 260. The fraction of sp³-hybridized carbons (Fsp3) is 0.523. The number of carbonyl (C=O) groups excluding carboxylic acids is 1. The van der Waals surface area contributed by atoms with Gasteiger partial charge in [0.05, 0.1) is 19.8 Å². The second kappa shape index (κ2) is 67.3. The molecule has 0 fully saturated rings. The summed E-state index contributed by atoms with van der Waals surface area (Å²) in [6.45, 7) is 39.9. The summed E-state index contributed by atoms with van der Waals surface area (Å²) >= 11 is 11.9. The number of nitrogens with zero attached hydrogens (tertiary/aromatic N) is 10. The normalized spacial score (nSPS) is 12.8. The maximum Gasteiger partial charge on any atom is 1.00 e. The predicted octanol–water partition coefficient (Wildman–Crippen LogP) is 22.2. The Bertz CT molecular complexity index is 6140. The fourth-order valence-corrected chi connectivity index (χ4v) is 39.9. The van der Waals surface area contributed by atoms with Gasteiger partial charge in [0.25, 0.3) is 19.1 Å². The van der Waals surface area contributed by atoms with Gasteiger partial charge in [0, 0.05) is 145 Å². The Labute approximate surface area is 940 Å². The SMILES string of the molecule is CC#N.CCC.CN(C)Cc1cc(F)c(S(=O)(=O)Cl)s1.CN(C)Cc1cc(F)c(S(=O)(=O)N[Si](C)(C)C(C)(C)C)s1.CN(C)Cc1cc(F)c(S(=O)(Cl)=N[Si](C)(C)C(C)(C)C)s1.CN(C)Cc1cc(F)c(S(=O)[O-])s1.CN(C)Cc1cc(F)c(S(N)(=O)=N[Si](C)(C)C(C)(C)C)s1.CN(C)Cc1cc(F)c(S(N)(=O)=O)s1.CN(C)Cc1cc(F)cs1.COC(=O)c1cc(F)cs1.Fc1csc(CBr)c1.OCc1cc(F)cs1.[Li+]. The van der Waals surface area contributed by atoms with Crippen LogP contribution in [0.2, 0.25) is 54.4 Å². The molecule has 10 heterocycles. The average molecular weight is 2530 g/mol. The number of hydrogen-bond donors (Lipinski definition) is 4. The number of hydrogen-bond acceptors (Lipinski definition) is 33. The monoisotopic (exact) mass is 2530 g/mol. The zero-order chi connectivity index (χ0) is 114. The second-order valence-electron chi connectivity index (χ2n) is 37.8. The molecule has 0 aliphatic rings. The molecule has 10 rings (SSSR count). The van der Waals surface area contributed by atoms with Gasteiger partial charge in [-0.05, 0) is 212 Å². The van der Waals surface area contributed by atoms with Crippen molar-refractivity contribution < 1.29 is 120 Å². The van der Waals surface area contributed by atoms with Gasteiger partial charge in [-0.1, -0.05) is 112 Å². The molecule has 834 valence electrons. The smallest absolute Gasteiger partial charge is 0.768 e. The minimum absolute atomic E-state index is 0. The number of rotatable bonds is 27. The number of ether oxygens (including phenoxy) is 1. The van der Waals surface area contributed by atoms with Crippen molar-refractivity contribution in [3.63, 3.8) is 0 Å². The number of esters is 1. The van der Waals surface area contributed by atoms with Crippen LogP contribution >= 0.6 is 151 Å². The topological polar surface area (TPSA) is 358 Å². The van der Waals surface area contributed by atoms with E-state index in [0.717, 1.165) is 117 Å². The average Bonchev–Trinajstić information content (AvgIpc) is 1.62. The Morgan fingerprint density at radius 1 is 0.469 bits per heavy atom. The van der Waals surface area contributed by atoms with Crippen molar-refractivity contribution in [2.45, 2.75) is 227 Å². The van der Waals surface area contributed by atoms with E-state index in [-0.39, 0.29) is 74.9 Å². The van der Waals surface area contributed by atoms with Gasteiger partial charge in [-0.3, -0.25) is 12.3 Å². The molecule has 10 aromatic rings. The number of nitrogens with two attached hydrogens (primary N) is 2. The van der Waals surface area contributed by atoms with E-state index in [4.69, 9.17) is 42.0 Å². The summed E-state index contributed by atoms with van der Waals surface area (Å²) in [4.78, 5) is 31.2. The molecule has 0 bridgehead atoms. The van der Waals surface area contributed by atoms with Crippen molar-refractivity contribution in [2.75, 3.05) is 106 Å². The van der Waals surface area contributed by atoms with Crippen LogP contribution in [0.5, 0.6) is 0 Å². The molecule has 59 heteroatoms. The van der Waals surface area contributed by atoms with E-state index >= 15 is 0 Å². The van der Waals surface area contributed by atoms with E-state index in [1.807, 2.05) is 193 Å². The molecule has 0 saturated carbocycles. The number of aliphatic hydroxyl groups excluding tert-OH is 1. The van der Waals surface area contributed by atoms with E-state index in [0.29, 0.717) is 68.5 Å². The number of methoxy groups -OCH3 is 1. The third kappa shape index (κ3) is 57.7. The maximum absolute atomic E-state index is 14.1. The minimum Gasteiger partial charge on any atom is -0.768 e. The molecule has 0 aliphatic carbocycles. The van der Waals surface area contributed by atoms with Crippen LogP contribution in [-0.2, 0) is 122 Å². The van der Waals surface area contributed by atoms with Crippen LogP contribution in [0.1, 0.15) is 143 Å². The first-order valence-corrected chi connectivity index (χ1v) is 71.9. The van der Waals surface area contributed by atoms with E-state index in [1.54, 1.807) is 12.1 Å². The van der Waals surface area contributed by atoms with Crippen LogP contribution in [0.3, 0.4) is 0 Å². The van der Waals surface area contributed by atoms with Crippen molar-refractivity contribution in [1.82, 2.24) is 38.7 Å². The zero-order valence-corrected chi connectivity index (χ0v) is 108. The van der Waals surface area contributed by atoms with Gasteiger partial charge in [0.2, 0.25) is 10.0 Å².